The number of hydrogen-bond acceptors (Lipinski definition) is 10. The number of nitrogens with zero attached hydrogens (tertiary/aromatic N) is 2. The van der Waals surface area contributed by atoms with E-state index in [2.05, 4.69) is 46.5 Å². The molecule has 0 aliphatic carbocycles. The monoisotopic (exact) mass is 588 g/mol. The van der Waals surface area contributed by atoms with E-state index < -0.39 is 16.4 Å². The SMILES string of the molecule is CN(CCC(=O)NCCNC(=O)CCC(=O)NCCNC(=O)CCN1C(=O)CC(S)C1=O)C(=O)C(S)CC=O. The predicted octanol–water partition coefficient (Wildman–Crippen LogP) is -2.59. The molecule has 2 unspecified atom stereocenters. The average Bonchev–Trinajstić information content (AvgIpc) is 3.14. The minimum absolute atomic E-state index is 0.00945. The smallest absolute Gasteiger partial charge is 0.242 e. The molecule has 1 fully saturated rings. The lowest BCUT2D eigenvalue weighted by Crippen LogP contribution is -2.39. The number of aldehydes is 1. The van der Waals surface area contributed by atoms with Crippen LogP contribution in [0.1, 0.15) is 38.5 Å². The summed E-state index contributed by atoms with van der Waals surface area (Å²) in [7, 11) is 1.51. The Morgan fingerprint density at radius 3 is 1.79 bits per heavy atom. The van der Waals surface area contributed by atoms with Gasteiger partial charge in [-0.3, -0.25) is 38.5 Å². The molecule has 0 spiro atoms. The molecule has 0 aromatic heterocycles. The van der Waals surface area contributed by atoms with Crippen LogP contribution in [0.4, 0.5) is 0 Å². The Hall–Kier alpha value is -3.14. The van der Waals surface area contributed by atoms with Crippen molar-refractivity contribution in [3.63, 3.8) is 0 Å². The molecule has 0 aromatic rings. The molecule has 1 rings (SSSR count). The van der Waals surface area contributed by atoms with Crippen LogP contribution in [0.25, 0.3) is 0 Å². The third kappa shape index (κ3) is 13.5. The third-order valence-corrected chi connectivity index (χ3v) is 6.39. The van der Waals surface area contributed by atoms with E-state index in [-0.39, 0.29) is 113 Å². The quantitative estimate of drug-likeness (QED) is 0.0435. The van der Waals surface area contributed by atoms with Gasteiger partial charge in [0.1, 0.15) is 6.29 Å². The Kier molecular flexibility index (Phi) is 15.8. The summed E-state index contributed by atoms with van der Waals surface area (Å²) in [5.41, 5.74) is 0. The second-order valence-corrected chi connectivity index (χ2v) is 9.93. The van der Waals surface area contributed by atoms with Crippen LogP contribution in [0.5, 0.6) is 0 Å². The third-order valence-electron chi connectivity index (χ3n) is 5.56. The first kappa shape index (κ1) is 33.9. The number of carbonyl (C=O) groups excluding carboxylic acids is 8. The Morgan fingerprint density at radius 1 is 0.897 bits per heavy atom. The minimum Gasteiger partial charge on any atom is -0.354 e. The molecular weight excluding hydrogens is 552 g/mol. The van der Waals surface area contributed by atoms with Crippen LogP contribution in [0, 0.1) is 0 Å². The molecule has 1 aliphatic rings. The maximum atomic E-state index is 11.9. The van der Waals surface area contributed by atoms with Crippen molar-refractivity contribution in [3.8, 4) is 0 Å². The van der Waals surface area contributed by atoms with E-state index in [9.17, 15) is 38.4 Å². The van der Waals surface area contributed by atoms with Gasteiger partial charge in [-0.2, -0.15) is 25.3 Å². The number of rotatable bonds is 18. The van der Waals surface area contributed by atoms with Gasteiger partial charge in [-0.15, -0.1) is 0 Å². The Balaban J connectivity index is 2.06. The highest BCUT2D eigenvalue weighted by Crippen LogP contribution is 2.17. The van der Waals surface area contributed by atoms with Gasteiger partial charge in [0.05, 0.1) is 10.5 Å². The number of nitrogens with one attached hydrogen (secondary N) is 4. The van der Waals surface area contributed by atoms with Crippen LogP contribution < -0.4 is 21.3 Å². The zero-order valence-electron chi connectivity index (χ0n) is 21.8. The van der Waals surface area contributed by atoms with Crippen LogP contribution in [-0.4, -0.2) is 114 Å². The molecule has 16 heteroatoms. The summed E-state index contributed by atoms with van der Waals surface area (Å²) >= 11 is 8.05. The highest BCUT2D eigenvalue weighted by molar-refractivity contribution is 7.82. The number of carbonyl (C=O) groups is 8. The van der Waals surface area contributed by atoms with Gasteiger partial charge >= 0.3 is 0 Å². The first-order chi connectivity index (χ1) is 18.5. The molecule has 39 heavy (non-hydrogen) atoms. The Labute approximate surface area is 237 Å². The number of thiol groups is 2. The first-order valence-electron chi connectivity index (χ1n) is 12.4. The lowest BCUT2D eigenvalue weighted by Gasteiger charge is -2.19. The fourth-order valence-electron chi connectivity index (χ4n) is 3.33. The van der Waals surface area contributed by atoms with E-state index >= 15 is 0 Å². The standard InChI is InChI=1S/C23H36N6O8S2/c1-28(22(36)15(38)6-13-30)11-4-19(33)26-9-7-24-17(31)2-3-18(32)25-8-10-27-20(34)5-12-29-21(35)14-16(39)23(29)37/h13,15-16,38-39H,2-12,14H2,1H3,(H,24,31)(H,25,32)(H,26,33)(H,27,34). The minimum atomic E-state index is -0.742. The molecule has 0 radical (unpaired) electrons. The van der Waals surface area contributed by atoms with Crippen molar-refractivity contribution >= 4 is 72.9 Å². The molecule has 2 atom stereocenters. The fourth-order valence-corrected chi connectivity index (χ4v) is 3.91. The van der Waals surface area contributed by atoms with Gasteiger partial charge in [0.25, 0.3) is 0 Å². The van der Waals surface area contributed by atoms with Gasteiger partial charge in [-0.1, -0.05) is 0 Å². The molecule has 0 bridgehead atoms. The normalized spacial score (nSPS) is 15.4. The number of amides is 7. The predicted molar refractivity (Wildman–Crippen MR) is 146 cm³/mol. The maximum Gasteiger partial charge on any atom is 0.242 e. The van der Waals surface area contributed by atoms with E-state index in [1.807, 2.05) is 0 Å². The topological polar surface area (TPSA) is 191 Å². The average molecular weight is 589 g/mol. The van der Waals surface area contributed by atoms with Crippen LogP contribution in [0.2, 0.25) is 0 Å². The highest BCUT2D eigenvalue weighted by atomic mass is 32.1. The van der Waals surface area contributed by atoms with Crippen molar-refractivity contribution in [2.24, 2.45) is 0 Å². The molecule has 0 aromatic carbocycles. The Bertz CT molecular complexity index is 934. The summed E-state index contributed by atoms with van der Waals surface area (Å²) in [5.74, 6) is -2.56. The summed E-state index contributed by atoms with van der Waals surface area (Å²) in [5, 5.41) is 8.92. The van der Waals surface area contributed by atoms with Crippen molar-refractivity contribution in [1.29, 1.82) is 0 Å². The van der Waals surface area contributed by atoms with E-state index in [1.165, 1.54) is 11.9 Å². The first-order valence-corrected chi connectivity index (χ1v) is 13.4. The second kappa shape index (κ2) is 18.2. The fraction of sp³-hybridized carbons (Fsp3) is 0.652. The van der Waals surface area contributed by atoms with Crippen molar-refractivity contribution in [2.45, 2.75) is 49.0 Å². The van der Waals surface area contributed by atoms with Crippen molar-refractivity contribution in [2.75, 3.05) is 46.3 Å². The van der Waals surface area contributed by atoms with Crippen LogP contribution in [0.3, 0.4) is 0 Å². The van der Waals surface area contributed by atoms with E-state index in [4.69, 9.17) is 0 Å². The molecule has 0 saturated carbocycles. The molecule has 1 saturated heterocycles. The molecule has 1 heterocycles. The Morgan fingerprint density at radius 2 is 1.36 bits per heavy atom. The van der Waals surface area contributed by atoms with E-state index in [0.717, 1.165) is 4.90 Å². The molecule has 218 valence electrons. The lowest BCUT2D eigenvalue weighted by atomic mass is 10.2. The molecule has 7 amide bonds. The molecular formula is C23H36N6O8S2. The van der Waals surface area contributed by atoms with Crippen molar-refractivity contribution < 1.29 is 38.4 Å². The van der Waals surface area contributed by atoms with Crippen LogP contribution in [0.15, 0.2) is 0 Å². The summed E-state index contributed by atoms with van der Waals surface area (Å²) in [6, 6.07) is 0. The zero-order chi connectivity index (χ0) is 29.4. The van der Waals surface area contributed by atoms with Gasteiger partial charge in [0.15, 0.2) is 0 Å². The maximum absolute atomic E-state index is 11.9. The van der Waals surface area contributed by atoms with Crippen LogP contribution in [-0.2, 0) is 38.4 Å². The van der Waals surface area contributed by atoms with Gasteiger partial charge in [-0.25, -0.2) is 0 Å². The van der Waals surface area contributed by atoms with E-state index in [0.29, 0.717) is 6.29 Å². The van der Waals surface area contributed by atoms with Gasteiger partial charge in [0.2, 0.25) is 41.4 Å². The summed E-state index contributed by atoms with van der Waals surface area (Å²) in [6.07, 6.45) is 0.490. The summed E-state index contributed by atoms with van der Waals surface area (Å²) < 4.78 is 0. The van der Waals surface area contributed by atoms with Gasteiger partial charge in [0, 0.05) is 84.8 Å². The van der Waals surface area contributed by atoms with Crippen LogP contribution >= 0.6 is 25.3 Å². The van der Waals surface area contributed by atoms with Gasteiger partial charge in [-0.05, 0) is 0 Å². The number of hydrogen-bond donors (Lipinski definition) is 6. The van der Waals surface area contributed by atoms with E-state index in [1.54, 1.807) is 0 Å². The lowest BCUT2D eigenvalue weighted by molar-refractivity contribution is -0.139. The number of likely N-dealkylation sites (tertiary alicyclic amines) is 1. The molecule has 4 N–H and O–H groups in total. The largest absolute Gasteiger partial charge is 0.354 e. The second-order valence-electron chi connectivity index (χ2n) is 8.68. The highest BCUT2D eigenvalue weighted by Gasteiger charge is 2.36. The molecule has 14 nitrogen and oxygen atoms in total. The number of imide groups is 1. The summed E-state index contributed by atoms with van der Waals surface area (Å²) in [4.78, 5) is 95.6. The summed E-state index contributed by atoms with van der Waals surface area (Å²) in [6.45, 7) is 0.752. The van der Waals surface area contributed by atoms with Gasteiger partial charge < -0.3 is 31.0 Å². The molecule has 1 aliphatic heterocycles. The van der Waals surface area contributed by atoms with Crippen molar-refractivity contribution in [3.05, 3.63) is 0 Å². The van der Waals surface area contributed by atoms with Crippen molar-refractivity contribution in [1.82, 2.24) is 31.1 Å². The zero-order valence-corrected chi connectivity index (χ0v) is 23.6.